The number of aromatic nitrogens is 5. The van der Waals surface area contributed by atoms with E-state index < -0.39 is 28.9 Å². The fraction of sp³-hybridized carbons (Fsp3) is 0.444. The van der Waals surface area contributed by atoms with Crippen LogP contribution < -0.4 is 5.56 Å². The maximum absolute atomic E-state index is 14.2. The van der Waals surface area contributed by atoms with Gasteiger partial charge in [0.2, 0.25) is 0 Å². The van der Waals surface area contributed by atoms with Crippen molar-refractivity contribution in [2.75, 3.05) is 13.1 Å². The van der Waals surface area contributed by atoms with Gasteiger partial charge in [0.25, 0.3) is 5.56 Å². The van der Waals surface area contributed by atoms with E-state index in [0.29, 0.717) is 30.3 Å². The average Bonchev–Trinajstić information content (AvgIpc) is 3.57. The Bertz CT molecular complexity index is 1560. The zero-order valence-corrected chi connectivity index (χ0v) is 21.1. The minimum atomic E-state index is -4.67. The Morgan fingerprint density at radius 3 is 2.63 bits per heavy atom. The molecule has 11 heteroatoms. The fourth-order valence-electron chi connectivity index (χ4n) is 6.29. The number of hydrogen-bond acceptors (Lipinski definition) is 4. The number of halogens is 4. The first-order valence-electron chi connectivity index (χ1n) is 12.7. The highest BCUT2D eigenvalue weighted by Gasteiger charge is 2.48. The summed E-state index contributed by atoms with van der Waals surface area (Å²) in [6, 6.07) is 8.47. The summed E-state index contributed by atoms with van der Waals surface area (Å²) in [5.74, 6) is 1.24. The highest BCUT2D eigenvalue weighted by atomic mass is 19.4. The van der Waals surface area contributed by atoms with Gasteiger partial charge in [-0.05, 0) is 48.9 Å². The molecule has 4 heterocycles. The van der Waals surface area contributed by atoms with E-state index in [1.807, 2.05) is 22.6 Å². The summed E-state index contributed by atoms with van der Waals surface area (Å²) in [7, 11) is 1.87. The van der Waals surface area contributed by atoms with Gasteiger partial charge in [-0.2, -0.15) is 13.2 Å². The van der Waals surface area contributed by atoms with E-state index in [0.717, 1.165) is 35.0 Å². The molecule has 1 saturated heterocycles. The summed E-state index contributed by atoms with van der Waals surface area (Å²) >= 11 is 0. The van der Waals surface area contributed by atoms with E-state index >= 15 is 0 Å². The number of H-pyrrole nitrogens is 1. The van der Waals surface area contributed by atoms with Crippen molar-refractivity contribution in [1.82, 2.24) is 29.2 Å². The van der Waals surface area contributed by atoms with E-state index in [4.69, 9.17) is 0 Å². The van der Waals surface area contributed by atoms with Gasteiger partial charge in [-0.1, -0.05) is 19.1 Å². The van der Waals surface area contributed by atoms with E-state index in [9.17, 15) is 22.4 Å². The lowest BCUT2D eigenvalue weighted by Crippen LogP contribution is -2.43. The van der Waals surface area contributed by atoms with Gasteiger partial charge < -0.3 is 9.55 Å². The molecule has 2 aliphatic rings. The second-order valence-electron chi connectivity index (χ2n) is 10.8. The normalized spacial score (nSPS) is 24.3. The van der Waals surface area contributed by atoms with Crippen LogP contribution in [0.5, 0.6) is 0 Å². The number of nitrogens with zero attached hydrogens (tertiary/aromatic N) is 5. The number of aryl methyl sites for hydroxylation is 1. The van der Waals surface area contributed by atoms with Crippen LogP contribution in [0.3, 0.4) is 0 Å². The topological polar surface area (TPSA) is 71.7 Å². The molecule has 0 bridgehead atoms. The molecule has 1 aliphatic heterocycles. The number of pyridine rings is 1. The molecular formula is C27H28F4N6O. The molecule has 1 aromatic carbocycles. The fourth-order valence-corrected chi connectivity index (χ4v) is 6.29. The lowest BCUT2D eigenvalue weighted by molar-refractivity contribution is -0.136. The summed E-state index contributed by atoms with van der Waals surface area (Å²) in [5.41, 5.74) is -0.334. The van der Waals surface area contributed by atoms with Gasteiger partial charge in [0.15, 0.2) is 0 Å². The third-order valence-corrected chi connectivity index (χ3v) is 7.98. The molecule has 0 amide bonds. The Balaban J connectivity index is 1.46. The Morgan fingerprint density at radius 2 is 2.00 bits per heavy atom. The molecule has 200 valence electrons. The van der Waals surface area contributed by atoms with Crippen LogP contribution in [0.2, 0.25) is 0 Å². The zero-order chi connectivity index (χ0) is 26.8. The molecule has 1 N–H and O–H groups in total. The van der Waals surface area contributed by atoms with Crippen molar-refractivity contribution in [3.05, 3.63) is 75.9 Å². The first-order chi connectivity index (χ1) is 18.0. The van der Waals surface area contributed by atoms with Crippen molar-refractivity contribution in [2.45, 2.75) is 50.5 Å². The molecule has 0 unspecified atom stereocenters. The number of benzene rings is 1. The number of likely N-dealkylation sites (tertiary alicyclic amines) is 1. The molecular weight excluding hydrogens is 500 g/mol. The van der Waals surface area contributed by atoms with Crippen LogP contribution in [-0.2, 0) is 25.2 Å². The minimum absolute atomic E-state index is 0.114. The van der Waals surface area contributed by atoms with Gasteiger partial charge in [-0.25, -0.2) is 4.39 Å². The van der Waals surface area contributed by atoms with Gasteiger partial charge in [0, 0.05) is 49.6 Å². The Kier molecular flexibility index (Phi) is 5.75. The van der Waals surface area contributed by atoms with Crippen LogP contribution in [0.15, 0.2) is 47.7 Å². The SMILES string of the molecule is CC1CC(c2cccc(-n3cc(C(F)(F)F)c4cc(CN5CC[C@H](F)C5)[nH]c4c3=O)c2)(c2nncn2C)C1. The second-order valence-corrected chi connectivity index (χ2v) is 10.8. The van der Waals surface area contributed by atoms with Gasteiger partial charge in [0.1, 0.15) is 23.8 Å². The van der Waals surface area contributed by atoms with Gasteiger partial charge in [-0.3, -0.25) is 14.3 Å². The van der Waals surface area contributed by atoms with E-state index in [1.54, 1.807) is 24.5 Å². The summed E-state index contributed by atoms with van der Waals surface area (Å²) in [6.07, 6.45) is -1.07. The molecule has 1 atom stereocenters. The lowest BCUT2D eigenvalue weighted by atomic mass is 9.58. The quantitative estimate of drug-likeness (QED) is 0.381. The highest BCUT2D eigenvalue weighted by molar-refractivity contribution is 5.84. The maximum atomic E-state index is 14.2. The van der Waals surface area contributed by atoms with Crippen LogP contribution >= 0.6 is 0 Å². The standard InChI is InChI=1S/C27H28F4N6O/c1-16-10-26(11-16,25-34-32-15-35(25)2)17-4-3-5-20(8-17)37-14-22(27(29,30)31)21-9-19(33-23(21)24(37)38)13-36-7-6-18(28)12-36/h3-5,8-9,14-16,18,33H,6-7,10-13H2,1-2H3/t16?,18-,26?/m0/s1. The molecule has 2 fully saturated rings. The Labute approximate surface area is 216 Å². The predicted molar refractivity (Wildman–Crippen MR) is 134 cm³/mol. The summed E-state index contributed by atoms with van der Waals surface area (Å²) < 4.78 is 59.2. The second kappa shape index (κ2) is 8.79. The van der Waals surface area contributed by atoms with Crippen LogP contribution in [0.4, 0.5) is 17.6 Å². The highest BCUT2D eigenvalue weighted by Crippen LogP contribution is 2.51. The molecule has 1 aliphatic carbocycles. The van der Waals surface area contributed by atoms with Crippen molar-refractivity contribution in [1.29, 1.82) is 0 Å². The van der Waals surface area contributed by atoms with Gasteiger partial charge in [0.05, 0.1) is 11.0 Å². The summed E-state index contributed by atoms with van der Waals surface area (Å²) in [6.45, 7) is 3.14. The van der Waals surface area contributed by atoms with Gasteiger partial charge >= 0.3 is 6.18 Å². The lowest BCUT2D eigenvalue weighted by Gasteiger charge is -2.46. The summed E-state index contributed by atoms with van der Waals surface area (Å²) in [4.78, 5) is 18.3. The minimum Gasteiger partial charge on any atom is -0.353 e. The molecule has 6 rings (SSSR count). The third-order valence-electron chi connectivity index (χ3n) is 7.98. The number of rotatable bonds is 5. The van der Waals surface area contributed by atoms with Gasteiger partial charge in [-0.15, -0.1) is 10.2 Å². The smallest absolute Gasteiger partial charge is 0.353 e. The van der Waals surface area contributed by atoms with Crippen molar-refractivity contribution >= 4 is 10.9 Å². The number of fused-ring (bicyclic) bond motifs is 1. The van der Waals surface area contributed by atoms with Crippen molar-refractivity contribution < 1.29 is 17.6 Å². The van der Waals surface area contributed by atoms with E-state index in [1.165, 1.54) is 6.07 Å². The number of alkyl halides is 4. The average molecular weight is 529 g/mol. The van der Waals surface area contributed by atoms with Crippen LogP contribution in [0.25, 0.3) is 16.6 Å². The number of nitrogens with one attached hydrogen (secondary N) is 1. The third kappa shape index (κ3) is 4.03. The Hall–Kier alpha value is -3.47. The largest absolute Gasteiger partial charge is 0.418 e. The molecule has 38 heavy (non-hydrogen) atoms. The Morgan fingerprint density at radius 1 is 1.21 bits per heavy atom. The van der Waals surface area contributed by atoms with E-state index in [2.05, 4.69) is 22.1 Å². The van der Waals surface area contributed by atoms with Crippen LogP contribution in [0, 0.1) is 5.92 Å². The first kappa shape index (κ1) is 24.8. The molecule has 7 nitrogen and oxygen atoms in total. The number of hydrogen-bond donors (Lipinski definition) is 1. The number of aromatic amines is 1. The molecule has 1 saturated carbocycles. The monoisotopic (exact) mass is 528 g/mol. The van der Waals surface area contributed by atoms with Crippen molar-refractivity contribution in [3.8, 4) is 5.69 Å². The molecule has 0 spiro atoms. The van der Waals surface area contributed by atoms with Crippen molar-refractivity contribution in [3.63, 3.8) is 0 Å². The molecule has 4 aromatic rings. The zero-order valence-electron chi connectivity index (χ0n) is 21.1. The summed E-state index contributed by atoms with van der Waals surface area (Å²) in [5, 5.41) is 8.20. The molecule has 3 aromatic heterocycles. The van der Waals surface area contributed by atoms with Crippen molar-refractivity contribution in [2.24, 2.45) is 13.0 Å². The predicted octanol–water partition coefficient (Wildman–Crippen LogP) is 4.73. The molecule has 0 radical (unpaired) electrons. The maximum Gasteiger partial charge on any atom is 0.418 e. The van der Waals surface area contributed by atoms with Crippen LogP contribution in [-0.4, -0.2) is 48.5 Å². The van der Waals surface area contributed by atoms with Crippen LogP contribution in [0.1, 0.15) is 48.8 Å². The van der Waals surface area contributed by atoms with E-state index in [-0.39, 0.29) is 24.0 Å². The first-order valence-corrected chi connectivity index (χ1v) is 12.7.